The van der Waals surface area contributed by atoms with Gasteiger partial charge in [0.05, 0.1) is 11.2 Å². The van der Waals surface area contributed by atoms with Gasteiger partial charge in [0.15, 0.2) is 5.82 Å². The molecule has 0 saturated carbocycles. The minimum Gasteiger partial charge on any atom is -0.228 e. The summed E-state index contributed by atoms with van der Waals surface area (Å²) in [4.78, 5) is 10.3. The summed E-state index contributed by atoms with van der Waals surface area (Å²) in [6.07, 6.45) is 0. The van der Waals surface area contributed by atoms with E-state index < -0.39 is 0 Å². The van der Waals surface area contributed by atoms with E-state index in [0.717, 1.165) is 33.5 Å². The molecular formula is C42H24N2S. The lowest BCUT2D eigenvalue weighted by Gasteiger charge is -2.12. The summed E-state index contributed by atoms with van der Waals surface area (Å²) in [6, 6.07) is 52.6. The molecule has 0 unspecified atom stereocenters. The molecule has 2 aromatic heterocycles. The summed E-state index contributed by atoms with van der Waals surface area (Å²) in [6.45, 7) is 0. The fourth-order valence-corrected chi connectivity index (χ4v) is 8.14. The zero-order valence-electron chi connectivity index (χ0n) is 24.2. The van der Waals surface area contributed by atoms with Crippen LogP contribution >= 0.6 is 11.3 Å². The highest BCUT2D eigenvalue weighted by atomic mass is 32.1. The van der Waals surface area contributed by atoms with Gasteiger partial charge < -0.3 is 0 Å². The van der Waals surface area contributed by atoms with Gasteiger partial charge in [-0.25, -0.2) is 9.97 Å². The quantitative estimate of drug-likeness (QED) is 0.188. The van der Waals surface area contributed by atoms with Crippen LogP contribution in [0.25, 0.3) is 96.8 Å². The first-order valence-electron chi connectivity index (χ1n) is 15.2. The van der Waals surface area contributed by atoms with Gasteiger partial charge in [0.2, 0.25) is 0 Å². The van der Waals surface area contributed by atoms with Gasteiger partial charge in [0.1, 0.15) is 0 Å². The number of hydrogen-bond acceptors (Lipinski definition) is 3. The summed E-state index contributed by atoms with van der Waals surface area (Å²) in [7, 11) is 0. The molecule has 3 heteroatoms. The Morgan fingerprint density at radius 2 is 1.07 bits per heavy atom. The summed E-state index contributed by atoms with van der Waals surface area (Å²) < 4.78 is 2.66. The van der Waals surface area contributed by atoms with Crippen LogP contribution in [0.15, 0.2) is 146 Å². The standard InChI is InChI=1S/C42H24N2S/c1-2-8-27-21-30(18-13-25(27)7-1)41-34-10-3-5-11-37(34)43-42(44-41)31-19-20-32-28(22-31)16-14-26-15-17-29-23-36-33-9-4-6-12-38(33)45-39(36)24-35(29)40(26)32/h1-24H. The molecule has 208 valence electrons. The van der Waals surface area contributed by atoms with E-state index in [-0.39, 0.29) is 0 Å². The van der Waals surface area contributed by atoms with Gasteiger partial charge in [-0.2, -0.15) is 0 Å². The Morgan fingerprint density at radius 1 is 0.378 bits per heavy atom. The van der Waals surface area contributed by atoms with Crippen molar-refractivity contribution in [3.63, 3.8) is 0 Å². The SMILES string of the molecule is c1ccc2cc(-c3nc(-c4ccc5c(ccc6ccc7cc8c(cc7c65)sc5ccccc58)c4)nc4ccccc34)ccc2c1. The Bertz CT molecular complexity index is 2830. The second-order valence-electron chi connectivity index (χ2n) is 11.8. The average molecular weight is 589 g/mol. The molecule has 0 fully saturated rings. The van der Waals surface area contributed by atoms with Crippen LogP contribution < -0.4 is 0 Å². The molecule has 0 aliphatic rings. The van der Waals surface area contributed by atoms with E-state index in [0.29, 0.717) is 0 Å². The van der Waals surface area contributed by atoms with E-state index in [2.05, 4.69) is 146 Å². The maximum absolute atomic E-state index is 5.21. The molecular weight excluding hydrogens is 565 g/mol. The van der Waals surface area contributed by atoms with E-state index in [9.17, 15) is 0 Å². The van der Waals surface area contributed by atoms with Crippen molar-refractivity contribution >= 4 is 85.5 Å². The maximum atomic E-state index is 5.21. The van der Waals surface area contributed by atoms with Crippen molar-refractivity contribution in [2.45, 2.75) is 0 Å². The zero-order chi connectivity index (χ0) is 29.5. The molecule has 0 aliphatic carbocycles. The molecule has 45 heavy (non-hydrogen) atoms. The minimum atomic E-state index is 0.740. The number of fused-ring (bicyclic) bond motifs is 10. The molecule has 0 atom stereocenters. The highest BCUT2D eigenvalue weighted by Gasteiger charge is 2.14. The van der Waals surface area contributed by atoms with Crippen molar-refractivity contribution < 1.29 is 0 Å². The van der Waals surface area contributed by atoms with Crippen LogP contribution in [0.2, 0.25) is 0 Å². The molecule has 0 N–H and O–H groups in total. The predicted molar refractivity (Wildman–Crippen MR) is 193 cm³/mol. The second-order valence-corrected chi connectivity index (χ2v) is 12.9. The third-order valence-electron chi connectivity index (χ3n) is 9.20. The summed E-state index contributed by atoms with van der Waals surface area (Å²) in [5.41, 5.74) is 4.02. The van der Waals surface area contributed by atoms with Crippen LogP contribution in [-0.2, 0) is 0 Å². The highest BCUT2D eigenvalue weighted by molar-refractivity contribution is 7.25. The number of benzene rings is 8. The van der Waals surface area contributed by atoms with Crippen LogP contribution in [0.1, 0.15) is 0 Å². The summed E-state index contributed by atoms with van der Waals surface area (Å²) in [5, 5.41) is 13.7. The van der Waals surface area contributed by atoms with Gasteiger partial charge in [-0.15, -0.1) is 11.3 Å². The lowest BCUT2D eigenvalue weighted by molar-refractivity contribution is 1.23. The number of thiophene rings is 1. The number of para-hydroxylation sites is 1. The normalized spacial score (nSPS) is 12.0. The van der Waals surface area contributed by atoms with Gasteiger partial charge in [-0.3, -0.25) is 0 Å². The first kappa shape index (κ1) is 24.8. The third-order valence-corrected chi connectivity index (χ3v) is 10.3. The Balaban J connectivity index is 1.18. The van der Waals surface area contributed by atoms with E-state index in [1.54, 1.807) is 0 Å². The van der Waals surface area contributed by atoms with Gasteiger partial charge >= 0.3 is 0 Å². The van der Waals surface area contributed by atoms with Crippen LogP contribution in [-0.4, -0.2) is 9.97 Å². The molecule has 10 rings (SSSR count). The highest BCUT2D eigenvalue weighted by Crippen LogP contribution is 2.40. The molecule has 0 spiro atoms. The molecule has 10 aromatic rings. The topological polar surface area (TPSA) is 25.8 Å². The van der Waals surface area contributed by atoms with Gasteiger partial charge in [-0.05, 0) is 79.5 Å². The predicted octanol–water partition coefficient (Wildman–Crippen LogP) is 11.9. The monoisotopic (exact) mass is 588 g/mol. The van der Waals surface area contributed by atoms with E-state index in [1.165, 1.54) is 63.3 Å². The first-order chi connectivity index (χ1) is 22.3. The fourth-order valence-electron chi connectivity index (χ4n) is 7.01. The van der Waals surface area contributed by atoms with E-state index in [1.807, 2.05) is 11.3 Å². The minimum absolute atomic E-state index is 0.740. The van der Waals surface area contributed by atoms with Crippen molar-refractivity contribution in [3.8, 4) is 22.6 Å². The van der Waals surface area contributed by atoms with E-state index >= 15 is 0 Å². The average Bonchev–Trinajstić information content (AvgIpc) is 3.47. The fraction of sp³-hybridized carbons (Fsp3) is 0. The summed E-state index contributed by atoms with van der Waals surface area (Å²) in [5.74, 6) is 0.740. The third kappa shape index (κ3) is 3.81. The van der Waals surface area contributed by atoms with Crippen LogP contribution in [0.5, 0.6) is 0 Å². The summed E-state index contributed by atoms with van der Waals surface area (Å²) >= 11 is 1.87. The molecule has 0 radical (unpaired) electrons. The van der Waals surface area contributed by atoms with Crippen LogP contribution in [0.3, 0.4) is 0 Å². The molecule has 2 heterocycles. The Morgan fingerprint density at radius 3 is 1.98 bits per heavy atom. The number of nitrogens with zero attached hydrogens (tertiary/aromatic N) is 2. The lowest BCUT2D eigenvalue weighted by atomic mass is 9.94. The van der Waals surface area contributed by atoms with Crippen molar-refractivity contribution in [2.24, 2.45) is 0 Å². The Hall–Kier alpha value is -5.64. The van der Waals surface area contributed by atoms with E-state index in [4.69, 9.17) is 9.97 Å². The molecule has 2 nitrogen and oxygen atoms in total. The van der Waals surface area contributed by atoms with Gasteiger partial charge in [0.25, 0.3) is 0 Å². The van der Waals surface area contributed by atoms with Crippen LogP contribution in [0.4, 0.5) is 0 Å². The van der Waals surface area contributed by atoms with Crippen LogP contribution in [0, 0.1) is 0 Å². The molecule has 0 bridgehead atoms. The maximum Gasteiger partial charge on any atom is 0.160 e. The molecule has 0 saturated heterocycles. The number of rotatable bonds is 2. The smallest absolute Gasteiger partial charge is 0.160 e. The van der Waals surface area contributed by atoms with Gasteiger partial charge in [0, 0.05) is 36.7 Å². The Labute approximate surface area is 262 Å². The zero-order valence-corrected chi connectivity index (χ0v) is 25.0. The number of hydrogen-bond donors (Lipinski definition) is 0. The van der Waals surface area contributed by atoms with Crippen molar-refractivity contribution in [1.29, 1.82) is 0 Å². The first-order valence-corrected chi connectivity index (χ1v) is 16.1. The Kier molecular flexibility index (Phi) is 5.19. The largest absolute Gasteiger partial charge is 0.228 e. The van der Waals surface area contributed by atoms with Crippen molar-refractivity contribution in [3.05, 3.63) is 146 Å². The number of aromatic nitrogens is 2. The van der Waals surface area contributed by atoms with Crippen molar-refractivity contribution in [1.82, 2.24) is 9.97 Å². The lowest BCUT2D eigenvalue weighted by Crippen LogP contribution is -1.95. The van der Waals surface area contributed by atoms with Gasteiger partial charge in [-0.1, -0.05) is 109 Å². The molecule has 0 aliphatic heterocycles. The molecule has 0 amide bonds. The molecule has 8 aromatic carbocycles. The van der Waals surface area contributed by atoms with Crippen molar-refractivity contribution in [2.75, 3.05) is 0 Å². The second kappa shape index (κ2) is 9.43.